The highest BCUT2D eigenvalue weighted by molar-refractivity contribution is 8.00. The van der Waals surface area contributed by atoms with Gasteiger partial charge in [0.2, 0.25) is 0 Å². The predicted octanol–water partition coefficient (Wildman–Crippen LogP) is 2.34. The van der Waals surface area contributed by atoms with Crippen molar-refractivity contribution in [2.75, 3.05) is 11.5 Å². The van der Waals surface area contributed by atoms with E-state index in [2.05, 4.69) is 15.5 Å². The normalized spacial score (nSPS) is 14.5. The van der Waals surface area contributed by atoms with Gasteiger partial charge in [0.15, 0.2) is 0 Å². The first-order valence-corrected chi connectivity index (χ1v) is 8.04. The van der Waals surface area contributed by atoms with E-state index in [0.717, 1.165) is 22.8 Å². The Morgan fingerprint density at radius 1 is 1.23 bits per heavy atom. The fourth-order valence-corrected chi connectivity index (χ4v) is 2.40. The molecule has 0 atom stereocenters. The van der Waals surface area contributed by atoms with E-state index >= 15 is 0 Å². The van der Waals surface area contributed by atoms with Crippen LogP contribution in [0, 0.1) is 0 Å². The van der Waals surface area contributed by atoms with Gasteiger partial charge in [0.25, 0.3) is 5.91 Å². The van der Waals surface area contributed by atoms with Crippen LogP contribution in [0.2, 0.25) is 0 Å². The first-order chi connectivity index (χ1) is 10.8. The molecule has 0 bridgehead atoms. The molecule has 2 aromatic rings. The summed E-state index contributed by atoms with van der Waals surface area (Å²) >= 11 is 1.89. The van der Waals surface area contributed by atoms with E-state index in [1.807, 2.05) is 36.0 Å². The van der Waals surface area contributed by atoms with Gasteiger partial charge < -0.3 is 4.74 Å². The van der Waals surface area contributed by atoms with Gasteiger partial charge in [0.1, 0.15) is 11.9 Å². The molecule has 0 radical (unpaired) electrons. The van der Waals surface area contributed by atoms with Crippen molar-refractivity contribution in [3.8, 4) is 5.75 Å². The average molecular weight is 313 g/mol. The molecule has 1 aliphatic heterocycles. The largest absolute Gasteiger partial charge is 0.489 e. The second-order valence-electron chi connectivity index (χ2n) is 4.78. The number of pyridine rings is 1. The smallest absolute Gasteiger partial charge is 0.271 e. The van der Waals surface area contributed by atoms with E-state index in [4.69, 9.17) is 4.74 Å². The van der Waals surface area contributed by atoms with E-state index in [-0.39, 0.29) is 5.91 Å². The molecule has 22 heavy (non-hydrogen) atoms. The molecule has 1 N–H and O–H groups in total. The summed E-state index contributed by atoms with van der Waals surface area (Å²) in [5.74, 6) is 2.72. The summed E-state index contributed by atoms with van der Waals surface area (Å²) in [5.41, 5.74) is 3.90. The molecular weight excluding hydrogens is 298 g/mol. The lowest BCUT2D eigenvalue weighted by molar-refractivity contribution is 0.0955. The van der Waals surface area contributed by atoms with E-state index in [9.17, 15) is 4.79 Å². The minimum atomic E-state index is -0.263. The van der Waals surface area contributed by atoms with Gasteiger partial charge in [-0.25, -0.2) is 5.43 Å². The zero-order valence-corrected chi connectivity index (χ0v) is 12.6. The summed E-state index contributed by atoms with van der Waals surface area (Å²) < 4.78 is 5.76. The Morgan fingerprint density at radius 2 is 1.95 bits per heavy atom. The van der Waals surface area contributed by atoms with E-state index in [0.29, 0.717) is 11.7 Å². The van der Waals surface area contributed by atoms with Crippen molar-refractivity contribution in [3.05, 3.63) is 59.9 Å². The van der Waals surface area contributed by atoms with Gasteiger partial charge in [-0.2, -0.15) is 16.9 Å². The van der Waals surface area contributed by atoms with Gasteiger partial charge in [-0.1, -0.05) is 0 Å². The van der Waals surface area contributed by atoms with E-state index < -0.39 is 0 Å². The SMILES string of the molecule is O=C(N/N=C/c1ccc(OC2CSC2)cc1)c1ccncc1. The molecule has 5 nitrogen and oxygen atoms in total. The van der Waals surface area contributed by atoms with Crippen LogP contribution in [0.25, 0.3) is 0 Å². The van der Waals surface area contributed by atoms with Gasteiger partial charge in [-0.15, -0.1) is 0 Å². The summed E-state index contributed by atoms with van der Waals surface area (Å²) in [4.78, 5) is 15.6. The van der Waals surface area contributed by atoms with Crippen LogP contribution in [0.15, 0.2) is 53.9 Å². The highest BCUT2D eigenvalue weighted by Crippen LogP contribution is 2.23. The summed E-state index contributed by atoms with van der Waals surface area (Å²) in [5, 5.41) is 3.95. The number of carbonyl (C=O) groups excluding carboxylic acids is 1. The Morgan fingerprint density at radius 3 is 2.59 bits per heavy atom. The number of aromatic nitrogens is 1. The number of hydrogen-bond donors (Lipinski definition) is 1. The summed E-state index contributed by atoms with van der Waals surface area (Å²) in [7, 11) is 0. The second-order valence-corrected chi connectivity index (χ2v) is 5.86. The van der Waals surface area contributed by atoms with Crippen LogP contribution < -0.4 is 10.2 Å². The summed E-state index contributed by atoms with van der Waals surface area (Å²) in [6, 6.07) is 10.9. The van der Waals surface area contributed by atoms with Crippen LogP contribution >= 0.6 is 11.8 Å². The monoisotopic (exact) mass is 313 g/mol. The number of benzene rings is 1. The number of hydrazone groups is 1. The minimum Gasteiger partial charge on any atom is -0.489 e. The van der Waals surface area contributed by atoms with Crippen LogP contribution in [0.3, 0.4) is 0 Å². The number of amides is 1. The highest BCUT2D eigenvalue weighted by Gasteiger charge is 2.19. The molecule has 1 aromatic carbocycles. The van der Waals surface area contributed by atoms with Crippen LogP contribution in [0.5, 0.6) is 5.75 Å². The molecule has 0 saturated carbocycles. The van der Waals surface area contributed by atoms with Crippen LogP contribution in [-0.4, -0.2) is 34.7 Å². The number of thioether (sulfide) groups is 1. The molecule has 112 valence electrons. The Bertz CT molecular complexity index is 655. The van der Waals surface area contributed by atoms with Gasteiger partial charge in [0, 0.05) is 29.5 Å². The van der Waals surface area contributed by atoms with Crippen LogP contribution in [-0.2, 0) is 0 Å². The lowest BCUT2D eigenvalue weighted by Crippen LogP contribution is -2.30. The first-order valence-electron chi connectivity index (χ1n) is 6.89. The Balaban J connectivity index is 1.52. The van der Waals surface area contributed by atoms with Crippen molar-refractivity contribution >= 4 is 23.9 Å². The Labute approximate surface area is 132 Å². The van der Waals surface area contributed by atoms with Crippen LogP contribution in [0.4, 0.5) is 0 Å². The summed E-state index contributed by atoms with van der Waals surface area (Å²) in [6.45, 7) is 0. The minimum absolute atomic E-state index is 0.263. The third-order valence-electron chi connectivity index (χ3n) is 3.11. The van der Waals surface area contributed by atoms with Gasteiger partial charge in [0.05, 0.1) is 6.21 Å². The van der Waals surface area contributed by atoms with E-state index in [1.54, 1.807) is 30.7 Å². The third-order valence-corrected chi connectivity index (χ3v) is 4.33. The molecule has 2 heterocycles. The zero-order valence-electron chi connectivity index (χ0n) is 11.8. The maximum Gasteiger partial charge on any atom is 0.271 e. The molecule has 0 spiro atoms. The first kappa shape index (κ1) is 14.6. The number of hydrogen-bond acceptors (Lipinski definition) is 5. The number of ether oxygens (including phenoxy) is 1. The maximum absolute atomic E-state index is 11.8. The molecule has 0 aliphatic carbocycles. The molecule has 1 amide bonds. The molecule has 3 rings (SSSR count). The molecule has 1 aliphatic rings. The van der Waals surface area contributed by atoms with Crippen molar-refractivity contribution < 1.29 is 9.53 Å². The Hall–Kier alpha value is -2.34. The highest BCUT2D eigenvalue weighted by atomic mass is 32.2. The molecule has 1 fully saturated rings. The Kier molecular flexibility index (Phi) is 4.70. The fraction of sp³-hybridized carbons (Fsp3) is 0.188. The van der Waals surface area contributed by atoms with Gasteiger partial charge in [-0.05, 0) is 42.0 Å². The number of nitrogens with zero attached hydrogens (tertiary/aromatic N) is 2. The zero-order chi connectivity index (χ0) is 15.2. The van der Waals surface area contributed by atoms with Crippen molar-refractivity contribution in [2.24, 2.45) is 5.10 Å². The quantitative estimate of drug-likeness (QED) is 0.680. The molecule has 1 aromatic heterocycles. The average Bonchev–Trinajstić information content (AvgIpc) is 2.53. The van der Waals surface area contributed by atoms with Crippen molar-refractivity contribution in [1.29, 1.82) is 0 Å². The standard InChI is InChI=1S/C16H15N3O2S/c20-16(13-5-7-17-8-6-13)19-18-9-12-1-3-14(4-2-12)21-15-10-22-11-15/h1-9,15H,10-11H2,(H,19,20)/b18-9+. The molecule has 6 heteroatoms. The van der Waals surface area contributed by atoms with Gasteiger partial charge >= 0.3 is 0 Å². The molecule has 1 saturated heterocycles. The number of nitrogens with one attached hydrogen (secondary N) is 1. The lowest BCUT2D eigenvalue weighted by Gasteiger charge is -2.25. The summed E-state index contributed by atoms with van der Waals surface area (Å²) in [6.07, 6.45) is 5.07. The van der Waals surface area contributed by atoms with Crippen molar-refractivity contribution in [3.63, 3.8) is 0 Å². The van der Waals surface area contributed by atoms with Gasteiger partial charge in [-0.3, -0.25) is 9.78 Å². The lowest BCUT2D eigenvalue weighted by atomic mass is 10.2. The number of rotatable bonds is 5. The second kappa shape index (κ2) is 7.09. The fourth-order valence-electron chi connectivity index (χ4n) is 1.84. The van der Waals surface area contributed by atoms with Crippen molar-refractivity contribution in [2.45, 2.75) is 6.10 Å². The van der Waals surface area contributed by atoms with Crippen molar-refractivity contribution in [1.82, 2.24) is 10.4 Å². The molecular formula is C16H15N3O2S. The predicted molar refractivity (Wildman–Crippen MR) is 87.5 cm³/mol. The van der Waals surface area contributed by atoms with Crippen LogP contribution in [0.1, 0.15) is 15.9 Å². The number of carbonyl (C=O) groups is 1. The maximum atomic E-state index is 11.8. The molecule has 0 unspecified atom stereocenters. The van der Waals surface area contributed by atoms with E-state index in [1.165, 1.54) is 0 Å². The topological polar surface area (TPSA) is 63.6 Å². The third kappa shape index (κ3) is 3.85.